The van der Waals surface area contributed by atoms with Crippen LogP contribution in [0.5, 0.6) is 11.5 Å². The Morgan fingerprint density at radius 1 is 1.21 bits per heavy atom. The summed E-state index contributed by atoms with van der Waals surface area (Å²) in [5, 5.41) is 13.3. The lowest BCUT2D eigenvalue weighted by Crippen LogP contribution is -2.32. The van der Waals surface area contributed by atoms with Crippen LogP contribution in [0, 0.1) is 0 Å². The number of pyridine rings is 1. The van der Waals surface area contributed by atoms with E-state index >= 15 is 0 Å². The van der Waals surface area contributed by atoms with Crippen molar-refractivity contribution in [1.82, 2.24) is 9.88 Å². The summed E-state index contributed by atoms with van der Waals surface area (Å²) in [6.45, 7) is 2.61. The summed E-state index contributed by atoms with van der Waals surface area (Å²) in [6, 6.07) is 12.4. The molecule has 28 heavy (non-hydrogen) atoms. The predicted molar refractivity (Wildman–Crippen MR) is 104 cm³/mol. The van der Waals surface area contributed by atoms with Gasteiger partial charge in [0, 0.05) is 25.4 Å². The lowest BCUT2D eigenvalue weighted by Gasteiger charge is -2.14. The van der Waals surface area contributed by atoms with E-state index < -0.39 is 12.0 Å². The van der Waals surface area contributed by atoms with Gasteiger partial charge in [0.05, 0.1) is 17.0 Å². The van der Waals surface area contributed by atoms with Crippen molar-refractivity contribution < 1.29 is 19.4 Å². The number of fused-ring (bicyclic) bond motifs is 2. The number of benzene rings is 2. The number of amides is 1. The van der Waals surface area contributed by atoms with Crippen LogP contribution in [0.15, 0.2) is 53.5 Å². The van der Waals surface area contributed by atoms with Gasteiger partial charge in [-0.05, 0) is 18.6 Å². The fourth-order valence-electron chi connectivity index (χ4n) is 3.28. The largest absolute Gasteiger partial charge is 0.454 e. The second-order valence-corrected chi connectivity index (χ2v) is 6.52. The third-order valence-corrected chi connectivity index (χ3v) is 4.80. The van der Waals surface area contributed by atoms with Gasteiger partial charge in [0.25, 0.3) is 5.91 Å². The molecule has 0 saturated carbocycles. The molecule has 2 aromatic carbocycles. The van der Waals surface area contributed by atoms with Crippen molar-refractivity contribution in [3.63, 3.8) is 0 Å². The van der Waals surface area contributed by atoms with Crippen LogP contribution in [-0.4, -0.2) is 28.9 Å². The second-order valence-electron chi connectivity index (χ2n) is 6.52. The van der Waals surface area contributed by atoms with E-state index in [0.717, 1.165) is 0 Å². The van der Waals surface area contributed by atoms with Gasteiger partial charge < -0.3 is 24.5 Å². The molecule has 1 aliphatic rings. The highest BCUT2D eigenvalue weighted by Gasteiger charge is 2.21. The van der Waals surface area contributed by atoms with Crippen molar-refractivity contribution in [1.29, 1.82) is 0 Å². The number of aryl methyl sites for hydroxylation is 1. The Balaban J connectivity index is 1.64. The monoisotopic (exact) mass is 380 g/mol. The molecule has 0 unspecified atom stereocenters. The number of carbonyl (C=O) groups is 1. The van der Waals surface area contributed by atoms with Crippen LogP contribution in [0.2, 0.25) is 0 Å². The summed E-state index contributed by atoms with van der Waals surface area (Å²) in [7, 11) is 0. The average Bonchev–Trinajstić information content (AvgIpc) is 3.19. The van der Waals surface area contributed by atoms with E-state index in [0.29, 0.717) is 34.5 Å². The highest BCUT2D eigenvalue weighted by atomic mass is 16.7. The number of nitrogens with one attached hydrogen (secondary N) is 1. The van der Waals surface area contributed by atoms with E-state index in [1.807, 2.05) is 29.7 Å². The van der Waals surface area contributed by atoms with Gasteiger partial charge >= 0.3 is 0 Å². The zero-order chi connectivity index (χ0) is 19.7. The van der Waals surface area contributed by atoms with Gasteiger partial charge in [-0.3, -0.25) is 9.59 Å². The Labute approximate surface area is 161 Å². The standard InChI is InChI=1S/C21H20N2O5/c1-2-23-11-15(21(26)22-10-17(24)13-6-4-3-5-7-13)20(25)14-8-18-19(9-16(14)23)28-12-27-18/h3-9,11,17,24H,2,10,12H2,1H3,(H,22,26)/t17-/m0/s1. The van der Waals surface area contributed by atoms with Gasteiger partial charge in [-0.15, -0.1) is 0 Å². The SMILES string of the molecule is CCn1cc(C(=O)NC[C@H](O)c2ccccc2)c(=O)c2cc3c(cc21)OCO3. The van der Waals surface area contributed by atoms with Crippen LogP contribution in [0.3, 0.4) is 0 Å². The van der Waals surface area contributed by atoms with Gasteiger partial charge in [-0.25, -0.2) is 0 Å². The molecule has 4 rings (SSSR count). The lowest BCUT2D eigenvalue weighted by atomic mass is 10.1. The maximum Gasteiger partial charge on any atom is 0.256 e. The summed E-state index contributed by atoms with van der Waals surface area (Å²) >= 11 is 0. The second kappa shape index (κ2) is 7.36. The molecule has 1 aromatic heterocycles. The molecule has 0 spiro atoms. The van der Waals surface area contributed by atoms with Gasteiger partial charge in [0.15, 0.2) is 11.5 Å². The lowest BCUT2D eigenvalue weighted by molar-refractivity contribution is 0.0914. The van der Waals surface area contributed by atoms with E-state index in [4.69, 9.17) is 9.47 Å². The molecule has 2 N–H and O–H groups in total. The molecule has 1 aliphatic heterocycles. The van der Waals surface area contributed by atoms with Crippen LogP contribution in [-0.2, 0) is 6.54 Å². The minimum atomic E-state index is -0.854. The number of aliphatic hydroxyl groups excluding tert-OH is 1. The van der Waals surface area contributed by atoms with Crippen molar-refractivity contribution in [2.45, 2.75) is 19.6 Å². The molecular formula is C21H20N2O5. The Bertz CT molecular complexity index is 1090. The summed E-state index contributed by atoms with van der Waals surface area (Å²) < 4.78 is 12.6. The first kappa shape index (κ1) is 18.1. The summed E-state index contributed by atoms with van der Waals surface area (Å²) in [5.41, 5.74) is 1.01. The smallest absolute Gasteiger partial charge is 0.256 e. The molecule has 0 radical (unpaired) electrons. The Morgan fingerprint density at radius 3 is 2.64 bits per heavy atom. The number of aromatic nitrogens is 1. The normalized spacial score (nSPS) is 13.5. The summed E-state index contributed by atoms with van der Waals surface area (Å²) in [5.74, 6) is 0.545. The van der Waals surface area contributed by atoms with Crippen LogP contribution in [0.1, 0.15) is 28.9 Å². The minimum absolute atomic E-state index is 0.00753. The maximum atomic E-state index is 12.9. The fraction of sp³-hybridized carbons (Fsp3) is 0.238. The van der Waals surface area contributed by atoms with Gasteiger partial charge in [-0.1, -0.05) is 30.3 Å². The highest BCUT2D eigenvalue weighted by Crippen LogP contribution is 2.35. The third kappa shape index (κ3) is 3.20. The number of nitrogens with zero attached hydrogens (tertiary/aromatic N) is 1. The van der Waals surface area contributed by atoms with Crippen molar-refractivity contribution in [3.05, 3.63) is 70.0 Å². The minimum Gasteiger partial charge on any atom is -0.454 e. The number of hydrogen-bond acceptors (Lipinski definition) is 5. The molecule has 0 fully saturated rings. The average molecular weight is 380 g/mol. The number of hydrogen-bond donors (Lipinski definition) is 2. The number of aliphatic hydroxyl groups is 1. The first-order chi connectivity index (χ1) is 13.6. The maximum absolute atomic E-state index is 12.9. The van der Waals surface area contributed by atoms with Crippen molar-refractivity contribution in [2.24, 2.45) is 0 Å². The molecule has 0 bridgehead atoms. The first-order valence-corrected chi connectivity index (χ1v) is 9.06. The molecule has 0 saturated heterocycles. The molecule has 144 valence electrons. The third-order valence-electron chi connectivity index (χ3n) is 4.80. The van der Waals surface area contributed by atoms with Crippen molar-refractivity contribution in [3.8, 4) is 11.5 Å². The highest BCUT2D eigenvalue weighted by molar-refractivity contribution is 5.97. The molecule has 3 aromatic rings. The number of ether oxygens (including phenoxy) is 2. The Hall–Kier alpha value is -3.32. The zero-order valence-electron chi connectivity index (χ0n) is 15.3. The van der Waals surface area contributed by atoms with E-state index in [2.05, 4.69) is 5.32 Å². The van der Waals surface area contributed by atoms with Crippen molar-refractivity contribution in [2.75, 3.05) is 13.3 Å². The number of carbonyl (C=O) groups excluding carboxylic acids is 1. The zero-order valence-corrected chi connectivity index (χ0v) is 15.3. The van der Waals surface area contributed by atoms with E-state index in [1.165, 1.54) is 6.20 Å². The van der Waals surface area contributed by atoms with E-state index in [1.54, 1.807) is 24.3 Å². The molecule has 7 nitrogen and oxygen atoms in total. The first-order valence-electron chi connectivity index (χ1n) is 9.06. The Morgan fingerprint density at radius 2 is 1.93 bits per heavy atom. The summed E-state index contributed by atoms with van der Waals surface area (Å²) in [4.78, 5) is 25.6. The molecule has 0 aliphatic carbocycles. The Kier molecular flexibility index (Phi) is 4.75. The molecular weight excluding hydrogens is 360 g/mol. The van der Waals surface area contributed by atoms with Crippen LogP contribution in [0.25, 0.3) is 10.9 Å². The molecule has 2 heterocycles. The van der Waals surface area contributed by atoms with Crippen LogP contribution >= 0.6 is 0 Å². The summed E-state index contributed by atoms with van der Waals surface area (Å²) in [6.07, 6.45) is 0.685. The van der Waals surface area contributed by atoms with Gasteiger partial charge in [0.2, 0.25) is 12.2 Å². The van der Waals surface area contributed by atoms with Crippen molar-refractivity contribution >= 4 is 16.8 Å². The predicted octanol–water partition coefficient (Wildman–Crippen LogP) is 2.21. The van der Waals surface area contributed by atoms with Crippen LogP contribution < -0.4 is 20.2 Å². The fourth-order valence-corrected chi connectivity index (χ4v) is 3.28. The van der Waals surface area contributed by atoms with Crippen LogP contribution in [0.4, 0.5) is 0 Å². The molecule has 1 atom stereocenters. The number of rotatable bonds is 5. The van der Waals surface area contributed by atoms with E-state index in [9.17, 15) is 14.7 Å². The van der Waals surface area contributed by atoms with Gasteiger partial charge in [0.1, 0.15) is 5.56 Å². The quantitative estimate of drug-likeness (QED) is 0.708. The van der Waals surface area contributed by atoms with E-state index in [-0.39, 0.29) is 24.3 Å². The van der Waals surface area contributed by atoms with Gasteiger partial charge in [-0.2, -0.15) is 0 Å². The molecule has 1 amide bonds. The molecule has 7 heteroatoms. The topological polar surface area (TPSA) is 89.8 Å².